The van der Waals surface area contributed by atoms with Crippen LogP contribution in [0.1, 0.15) is 53.4 Å². The number of carbonyl (C=O) groups is 1. The summed E-state index contributed by atoms with van der Waals surface area (Å²) in [5, 5.41) is 3.15. The number of nitrogens with one attached hydrogen (secondary N) is 1. The number of benzene rings is 3. The average molecular weight is 465 g/mol. The number of hydrogen-bond donors (Lipinski definition) is 1. The van der Waals surface area contributed by atoms with Crippen LogP contribution in [0.5, 0.6) is 0 Å². The fourth-order valence-electron chi connectivity index (χ4n) is 3.79. The lowest BCUT2D eigenvalue weighted by atomic mass is 9.96. The van der Waals surface area contributed by atoms with Crippen molar-refractivity contribution in [3.05, 3.63) is 101 Å². The highest BCUT2D eigenvalue weighted by molar-refractivity contribution is 7.92. The molecule has 0 saturated carbocycles. The maximum atomic E-state index is 12.9. The fraction of sp³-hybridized carbons (Fsp3) is 0.296. The van der Waals surface area contributed by atoms with Crippen molar-refractivity contribution in [1.82, 2.24) is 5.32 Å². The molecule has 3 aromatic rings. The van der Waals surface area contributed by atoms with Gasteiger partial charge in [-0.2, -0.15) is 0 Å². The second kappa shape index (κ2) is 10.7. The van der Waals surface area contributed by atoms with Crippen LogP contribution in [0.2, 0.25) is 0 Å². The quantitative estimate of drug-likeness (QED) is 0.456. The van der Waals surface area contributed by atoms with Crippen molar-refractivity contribution in [2.24, 2.45) is 5.92 Å². The third kappa shape index (κ3) is 6.93. The summed E-state index contributed by atoms with van der Waals surface area (Å²) in [5.74, 6) is 0.288. The Morgan fingerprint density at radius 1 is 0.939 bits per heavy atom. The predicted molar refractivity (Wildman–Crippen MR) is 135 cm³/mol. The Morgan fingerprint density at radius 2 is 1.61 bits per heavy atom. The summed E-state index contributed by atoms with van der Waals surface area (Å²) in [6.45, 7) is 6.40. The SMILES string of the molecule is Cc1cccc(N(Cc2ccc(C(=O)N[C@H](CC(C)C)c3ccccc3)cc2)S(C)(=O)=O)c1. The molecule has 1 N–H and O–H groups in total. The normalized spacial score (nSPS) is 12.4. The van der Waals surface area contributed by atoms with Gasteiger partial charge in [-0.1, -0.05) is 68.4 Å². The first-order chi connectivity index (χ1) is 15.6. The van der Waals surface area contributed by atoms with E-state index in [0.717, 1.165) is 23.1 Å². The summed E-state index contributed by atoms with van der Waals surface area (Å²) in [6.07, 6.45) is 2.04. The summed E-state index contributed by atoms with van der Waals surface area (Å²) < 4.78 is 26.2. The molecular formula is C27H32N2O3S. The first-order valence-corrected chi connectivity index (χ1v) is 13.0. The number of carbonyl (C=O) groups excluding carboxylic acids is 1. The largest absolute Gasteiger partial charge is 0.345 e. The van der Waals surface area contributed by atoms with Gasteiger partial charge in [0.25, 0.3) is 5.91 Å². The van der Waals surface area contributed by atoms with Crippen molar-refractivity contribution in [3.63, 3.8) is 0 Å². The minimum atomic E-state index is -3.46. The summed E-state index contributed by atoms with van der Waals surface area (Å²) >= 11 is 0. The van der Waals surface area contributed by atoms with Crippen molar-refractivity contribution < 1.29 is 13.2 Å². The van der Waals surface area contributed by atoms with Crippen LogP contribution < -0.4 is 9.62 Å². The predicted octanol–water partition coefficient (Wildman–Crippen LogP) is 5.48. The van der Waals surface area contributed by atoms with Crippen LogP contribution >= 0.6 is 0 Å². The molecule has 33 heavy (non-hydrogen) atoms. The monoisotopic (exact) mass is 464 g/mol. The van der Waals surface area contributed by atoms with Gasteiger partial charge in [0.15, 0.2) is 0 Å². The molecule has 3 rings (SSSR count). The number of rotatable bonds is 9. The molecule has 0 saturated heterocycles. The Hall–Kier alpha value is -3.12. The van der Waals surface area contributed by atoms with E-state index in [0.29, 0.717) is 17.2 Å². The molecule has 6 heteroatoms. The lowest BCUT2D eigenvalue weighted by Gasteiger charge is -2.23. The number of anilines is 1. The van der Waals surface area contributed by atoms with E-state index in [9.17, 15) is 13.2 Å². The summed E-state index contributed by atoms with van der Waals surface area (Å²) in [6, 6.07) is 24.4. The minimum absolute atomic E-state index is 0.0691. The number of amides is 1. The van der Waals surface area contributed by atoms with E-state index >= 15 is 0 Å². The molecule has 174 valence electrons. The Kier molecular flexibility index (Phi) is 7.92. The highest BCUT2D eigenvalue weighted by Gasteiger charge is 2.19. The molecule has 0 unspecified atom stereocenters. The smallest absolute Gasteiger partial charge is 0.251 e. The molecule has 0 bridgehead atoms. The molecule has 3 aromatic carbocycles. The molecule has 0 aliphatic heterocycles. The Morgan fingerprint density at radius 3 is 2.18 bits per heavy atom. The van der Waals surface area contributed by atoms with Gasteiger partial charge in [-0.05, 0) is 60.2 Å². The zero-order valence-corrected chi connectivity index (χ0v) is 20.5. The molecule has 0 spiro atoms. The molecular weight excluding hydrogens is 432 g/mol. The van der Waals surface area contributed by atoms with Gasteiger partial charge >= 0.3 is 0 Å². The van der Waals surface area contributed by atoms with E-state index in [1.165, 1.54) is 10.6 Å². The van der Waals surface area contributed by atoms with Crippen LogP contribution in [-0.2, 0) is 16.6 Å². The van der Waals surface area contributed by atoms with E-state index in [-0.39, 0.29) is 18.5 Å². The molecule has 0 aromatic heterocycles. The minimum Gasteiger partial charge on any atom is -0.345 e. The summed E-state index contributed by atoms with van der Waals surface area (Å²) in [7, 11) is -3.46. The van der Waals surface area contributed by atoms with Gasteiger partial charge < -0.3 is 5.32 Å². The van der Waals surface area contributed by atoms with Gasteiger partial charge in [0.05, 0.1) is 24.5 Å². The third-order valence-electron chi connectivity index (χ3n) is 5.45. The van der Waals surface area contributed by atoms with Crippen LogP contribution in [-0.4, -0.2) is 20.6 Å². The van der Waals surface area contributed by atoms with Crippen molar-refractivity contribution >= 4 is 21.6 Å². The van der Waals surface area contributed by atoms with E-state index in [2.05, 4.69) is 19.2 Å². The van der Waals surface area contributed by atoms with Crippen LogP contribution in [0.4, 0.5) is 5.69 Å². The molecule has 1 amide bonds. The van der Waals surface area contributed by atoms with E-state index in [1.54, 1.807) is 18.2 Å². The standard InChI is InChI=1S/C27H32N2O3S/c1-20(2)17-26(23-10-6-5-7-11-23)28-27(30)24-15-13-22(14-16-24)19-29(33(4,31)32)25-12-8-9-21(3)18-25/h5-16,18,20,26H,17,19H2,1-4H3,(H,28,30)/t26-/m1/s1. The number of aryl methyl sites for hydroxylation is 1. The van der Waals surface area contributed by atoms with E-state index in [4.69, 9.17) is 0 Å². The van der Waals surface area contributed by atoms with Crippen LogP contribution in [0, 0.1) is 12.8 Å². The topological polar surface area (TPSA) is 66.5 Å². The van der Waals surface area contributed by atoms with Gasteiger partial charge in [0, 0.05) is 5.56 Å². The van der Waals surface area contributed by atoms with Crippen molar-refractivity contribution in [2.45, 2.75) is 39.8 Å². The average Bonchev–Trinajstić information content (AvgIpc) is 2.77. The van der Waals surface area contributed by atoms with Gasteiger partial charge in [-0.15, -0.1) is 0 Å². The Bertz CT molecular complexity index is 1170. The molecule has 0 fully saturated rings. The second-order valence-electron chi connectivity index (χ2n) is 8.87. The summed E-state index contributed by atoms with van der Waals surface area (Å²) in [5.41, 5.74) is 4.05. The lowest BCUT2D eigenvalue weighted by molar-refractivity contribution is 0.0932. The highest BCUT2D eigenvalue weighted by Crippen LogP contribution is 2.23. The maximum absolute atomic E-state index is 12.9. The van der Waals surface area contributed by atoms with Crippen LogP contribution in [0.25, 0.3) is 0 Å². The van der Waals surface area contributed by atoms with Gasteiger partial charge in [0.1, 0.15) is 0 Å². The molecule has 5 nitrogen and oxygen atoms in total. The Balaban J connectivity index is 1.76. The van der Waals surface area contributed by atoms with Crippen molar-refractivity contribution in [2.75, 3.05) is 10.6 Å². The van der Waals surface area contributed by atoms with Gasteiger partial charge in [-0.3, -0.25) is 9.10 Å². The van der Waals surface area contributed by atoms with Gasteiger partial charge in [-0.25, -0.2) is 8.42 Å². The lowest BCUT2D eigenvalue weighted by Crippen LogP contribution is -2.30. The number of hydrogen-bond acceptors (Lipinski definition) is 3. The number of sulfonamides is 1. The first-order valence-electron chi connectivity index (χ1n) is 11.1. The Labute approximate surface area is 197 Å². The zero-order valence-electron chi connectivity index (χ0n) is 19.7. The molecule has 0 heterocycles. The fourth-order valence-corrected chi connectivity index (χ4v) is 4.67. The molecule has 0 aliphatic rings. The molecule has 0 radical (unpaired) electrons. The van der Waals surface area contributed by atoms with Crippen molar-refractivity contribution in [3.8, 4) is 0 Å². The number of nitrogens with zero attached hydrogens (tertiary/aromatic N) is 1. The van der Waals surface area contributed by atoms with E-state index in [1.807, 2.05) is 67.6 Å². The molecule has 1 atom stereocenters. The highest BCUT2D eigenvalue weighted by atomic mass is 32.2. The third-order valence-corrected chi connectivity index (χ3v) is 6.59. The second-order valence-corrected chi connectivity index (χ2v) is 10.8. The molecule has 0 aliphatic carbocycles. The zero-order chi connectivity index (χ0) is 24.0. The van der Waals surface area contributed by atoms with Crippen molar-refractivity contribution in [1.29, 1.82) is 0 Å². The maximum Gasteiger partial charge on any atom is 0.251 e. The van der Waals surface area contributed by atoms with Gasteiger partial charge in [0.2, 0.25) is 10.0 Å². The van der Waals surface area contributed by atoms with Crippen LogP contribution in [0.3, 0.4) is 0 Å². The van der Waals surface area contributed by atoms with E-state index < -0.39 is 10.0 Å². The summed E-state index contributed by atoms with van der Waals surface area (Å²) in [4.78, 5) is 12.9. The van der Waals surface area contributed by atoms with Crippen LogP contribution in [0.15, 0.2) is 78.9 Å². The first kappa shape index (κ1) is 24.5.